The number of fused-ring (bicyclic) bond motifs is 1. The van der Waals surface area contributed by atoms with Crippen LogP contribution in [0.5, 0.6) is 0 Å². The van der Waals surface area contributed by atoms with Crippen LogP contribution in [0.15, 0.2) is 18.5 Å². The maximum Gasteiger partial charge on any atom is 0.416 e. The molecule has 3 heterocycles. The largest absolute Gasteiger partial charge is 0.443 e. The molecule has 1 fully saturated rings. The lowest BCUT2D eigenvalue weighted by Gasteiger charge is -2.27. The van der Waals surface area contributed by atoms with Gasteiger partial charge in [-0.1, -0.05) is 0 Å². The number of hydrogen-bond donors (Lipinski definition) is 2. The van der Waals surface area contributed by atoms with E-state index in [1.165, 1.54) is 4.90 Å². The lowest BCUT2D eigenvalue weighted by molar-refractivity contribution is 0.0577. The molecule has 0 unspecified atom stereocenters. The summed E-state index contributed by atoms with van der Waals surface area (Å²) in [4.78, 5) is 31.6. The van der Waals surface area contributed by atoms with Gasteiger partial charge in [-0.25, -0.2) is 9.59 Å². The topological polar surface area (TPSA) is 103 Å². The van der Waals surface area contributed by atoms with E-state index in [9.17, 15) is 9.59 Å². The summed E-state index contributed by atoms with van der Waals surface area (Å²) in [7, 11) is 0. The van der Waals surface area contributed by atoms with Gasteiger partial charge in [-0.15, -0.1) is 0 Å². The number of carbonyl (C=O) groups excluding carboxylic acids is 2. The minimum absolute atomic E-state index is 0.125. The standard InChI is InChI=1S/C16H22N6O3/c1-16(2,3)25-15(24)22(9-8-21-7-6-18-14(21)23)13-11-4-5-17-10-12(11)19-20-13/h4-5,10H,6-9H2,1-3H3,(H,18,23)(H,19,20). The van der Waals surface area contributed by atoms with Gasteiger partial charge in [0.2, 0.25) is 0 Å². The molecule has 3 rings (SSSR count). The van der Waals surface area contributed by atoms with Gasteiger partial charge >= 0.3 is 12.1 Å². The van der Waals surface area contributed by atoms with Gasteiger partial charge in [0.1, 0.15) is 5.60 Å². The molecule has 3 amide bonds. The summed E-state index contributed by atoms with van der Waals surface area (Å²) in [6, 6.07) is 1.66. The Balaban J connectivity index is 1.85. The van der Waals surface area contributed by atoms with Crippen molar-refractivity contribution in [2.45, 2.75) is 26.4 Å². The summed E-state index contributed by atoms with van der Waals surface area (Å²) in [5.74, 6) is 0.464. The second-order valence-corrected chi connectivity index (χ2v) is 6.82. The number of urea groups is 1. The van der Waals surface area contributed by atoms with Crippen LogP contribution in [0.25, 0.3) is 10.9 Å². The fourth-order valence-corrected chi connectivity index (χ4v) is 2.60. The Morgan fingerprint density at radius 3 is 2.92 bits per heavy atom. The zero-order valence-electron chi connectivity index (χ0n) is 14.6. The number of aromatic amines is 1. The monoisotopic (exact) mass is 346 g/mol. The van der Waals surface area contributed by atoms with Crippen LogP contribution in [0.3, 0.4) is 0 Å². The van der Waals surface area contributed by atoms with Crippen LogP contribution in [-0.2, 0) is 4.74 Å². The van der Waals surface area contributed by atoms with Crippen molar-refractivity contribution >= 4 is 28.8 Å². The zero-order valence-corrected chi connectivity index (χ0v) is 14.6. The van der Waals surface area contributed by atoms with Crippen molar-refractivity contribution in [1.29, 1.82) is 0 Å². The van der Waals surface area contributed by atoms with Crippen LogP contribution in [0.2, 0.25) is 0 Å². The minimum atomic E-state index is -0.631. The summed E-state index contributed by atoms with van der Waals surface area (Å²) in [6.45, 7) is 7.33. The van der Waals surface area contributed by atoms with Gasteiger partial charge in [0.25, 0.3) is 0 Å². The molecule has 1 aliphatic heterocycles. The van der Waals surface area contributed by atoms with Gasteiger partial charge in [-0.3, -0.25) is 15.0 Å². The van der Waals surface area contributed by atoms with Crippen LogP contribution in [0.4, 0.5) is 15.4 Å². The molecule has 1 saturated heterocycles. The molecule has 0 atom stereocenters. The number of H-pyrrole nitrogens is 1. The number of amides is 3. The van der Waals surface area contributed by atoms with Crippen molar-refractivity contribution in [2.24, 2.45) is 0 Å². The minimum Gasteiger partial charge on any atom is -0.443 e. The quantitative estimate of drug-likeness (QED) is 0.877. The number of nitrogens with zero attached hydrogens (tertiary/aromatic N) is 4. The van der Waals surface area contributed by atoms with E-state index in [1.807, 2.05) is 20.8 Å². The third-order valence-electron chi connectivity index (χ3n) is 3.75. The normalized spacial score (nSPS) is 14.7. The van der Waals surface area contributed by atoms with Crippen molar-refractivity contribution in [3.8, 4) is 0 Å². The first-order valence-corrected chi connectivity index (χ1v) is 8.16. The Morgan fingerprint density at radius 2 is 2.24 bits per heavy atom. The van der Waals surface area contributed by atoms with Gasteiger partial charge in [0.15, 0.2) is 5.82 Å². The number of anilines is 1. The van der Waals surface area contributed by atoms with Crippen molar-refractivity contribution in [2.75, 3.05) is 31.1 Å². The van der Waals surface area contributed by atoms with E-state index in [1.54, 1.807) is 23.4 Å². The highest BCUT2D eigenvalue weighted by molar-refractivity contribution is 5.98. The second kappa shape index (κ2) is 6.58. The summed E-state index contributed by atoms with van der Waals surface area (Å²) < 4.78 is 5.51. The molecule has 0 saturated carbocycles. The first kappa shape index (κ1) is 17.0. The fraction of sp³-hybridized carbons (Fsp3) is 0.500. The predicted octanol–water partition coefficient (Wildman–Crippen LogP) is 1.72. The number of aromatic nitrogens is 3. The molecule has 2 aromatic rings. The average molecular weight is 346 g/mol. The third-order valence-corrected chi connectivity index (χ3v) is 3.75. The Bertz CT molecular complexity index is 782. The molecule has 2 aromatic heterocycles. The van der Waals surface area contributed by atoms with Gasteiger partial charge < -0.3 is 15.0 Å². The second-order valence-electron chi connectivity index (χ2n) is 6.82. The van der Waals surface area contributed by atoms with Gasteiger partial charge in [-0.2, -0.15) is 5.10 Å². The summed E-state index contributed by atoms with van der Waals surface area (Å²) >= 11 is 0. The van der Waals surface area contributed by atoms with E-state index >= 15 is 0 Å². The summed E-state index contributed by atoms with van der Waals surface area (Å²) in [6.07, 6.45) is 2.78. The van der Waals surface area contributed by atoms with Crippen molar-refractivity contribution in [3.05, 3.63) is 18.5 Å². The highest BCUT2D eigenvalue weighted by atomic mass is 16.6. The van der Waals surface area contributed by atoms with Crippen molar-refractivity contribution in [1.82, 2.24) is 25.4 Å². The first-order chi connectivity index (χ1) is 11.8. The van der Waals surface area contributed by atoms with Crippen molar-refractivity contribution in [3.63, 3.8) is 0 Å². The summed E-state index contributed by atoms with van der Waals surface area (Å²) in [5, 5.41) is 10.6. The molecule has 0 spiro atoms. The summed E-state index contributed by atoms with van der Waals surface area (Å²) in [5.41, 5.74) is 0.0959. The van der Waals surface area contributed by atoms with Crippen LogP contribution < -0.4 is 10.2 Å². The lowest BCUT2D eigenvalue weighted by atomic mass is 10.2. The molecule has 0 aromatic carbocycles. The smallest absolute Gasteiger partial charge is 0.416 e. The highest BCUT2D eigenvalue weighted by Gasteiger charge is 2.28. The van der Waals surface area contributed by atoms with E-state index in [-0.39, 0.29) is 12.6 Å². The van der Waals surface area contributed by atoms with Crippen LogP contribution in [0.1, 0.15) is 20.8 Å². The van der Waals surface area contributed by atoms with Crippen molar-refractivity contribution < 1.29 is 14.3 Å². The molecule has 0 radical (unpaired) electrons. The molecular formula is C16H22N6O3. The molecule has 9 heteroatoms. The predicted molar refractivity (Wildman–Crippen MR) is 92.4 cm³/mol. The van der Waals surface area contributed by atoms with E-state index in [0.29, 0.717) is 25.5 Å². The van der Waals surface area contributed by atoms with E-state index in [0.717, 1.165) is 10.9 Å². The maximum absolute atomic E-state index is 12.7. The zero-order chi connectivity index (χ0) is 18.0. The van der Waals surface area contributed by atoms with Crippen LogP contribution in [-0.4, -0.2) is 64.0 Å². The molecule has 0 bridgehead atoms. The van der Waals surface area contributed by atoms with E-state index < -0.39 is 11.7 Å². The number of pyridine rings is 1. The van der Waals surface area contributed by atoms with Gasteiger partial charge in [0.05, 0.1) is 11.7 Å². The number of ether oxygens (including phenoxy) is 1. The molecule has 1 aliphatic rings. The Kier molecular flexibility index (Phi) is 4.47. The Labute approximate surface area is 145 Å². The lowest BCUT2D eigenvalue weighted by Crippen LogP contribution is -2.42. The molecular weight excluding hydrogens is 324 g/mol. The van der Waals surface area contributed by atoms with E-state index in [2.05, 4.69) is 20.5 Å². The molecule has 134 valence electrons. The fourth-order valence-electron chi connectivity index (χ4n) is 2.60. The number of rotatable bonds is 4. The Hall–Kier alpha value is -2.84. The molecule has 0 aliphatic carbocycles. The average Bonchev–Trinajstić information content (AvgIpc) is 3.13. The first-order valence-electron chi connectivity index (χ1n) is 8.16. The van der Waals surface area contributed by atoms with Gasteiger partial charge in [-0.05, 0) is 26.8 Å². The molecule has 25 heavy (non-hydrogen) atoms. The highest BCUT2D eigenvalue weighted by Crippen LogP contribution is 2.24. The number of nitrogens with one attached hydrogen (secondary N) is 2. The van der Waals surface area contributed by atoms with E-state index in [4.69, 9.17) is 4.74 Å². The Morgan fingerprint density at radius 1 is 1.44 bits per heavy atom. The maximum atomic E-state index is 12.7. The number of hydrogen-bond acceptors (Lipinski definition) is 5. The third kappa shape index (κ3) is 3.81. The van der Waals surface area contributed by atoms with Gasteiger partial charge in [0, 0.05) is 37.8 Å². The molecule has 2 N–H and O–H groups in total. The SMILES string of the molecule is CC(C)(C)OC(=O)N(CCN1CCNC1=O)c1n[nH]c2cnccc12. The molecule has 9 nitrogen and oxygen atoms in total. The van der Waals surface area contributed by atoms with Crippen LogP contribution >= 0.6 is 0 Å². The van der Waals surface area contributed by atoms with Crippen LogP contribution in [0, 0.1) is 0 Å². The number of carbonyl (C=O) groups is 2.